The summed E-state index contributed by atoms with van der Waals surface area (Å²) in [6.45, 7) is 13.2. The van der Waals surface area contributed by atoms with Crippen molar-refractivity contribution in [2.45, 2.75) is 46.5 Å². The van der Waals surface area contributed by atoms with Crippen molar-refractivity contribution >= 4 is 23.2 Å². The average Bonchev–Trinajstić information content (AvgIpc) is 2.88. The van der Waals surface area contributed by atoms with Gasteiger partial charge >= 0.3 is 0 Å². The lowest BCUT2D eigenvalue weighted by Crippen LogP contribution is -2.33. The van der Waals surface area contributed by atoms with Crippen molar-refractivity contribution in [3.63, 3.8) is 0 Å². The highest BCUT2D eigenvalue weighted by Gasteiger charge is 2.21. The van der Waals surface area contributed by atoms with Gasteiger partial charge in [0.15, 0.2) is 5.65 Å². The molecule has 0 bridgehead atoms. The number of hydrogen-bond acceptors (Lipinski definition) is 4. The Morgan fingerprint density at radius 3 is 2.32 bits per heavy atom. The van der Waals surface area contributed by atoms with Crippen LogP contribution in [0, 0.1) is 6.92 Å². The molecule has 0 spiro atoms. The molecule has 1 fully saturated rings. The van der Waals surface area contributed by atoms with E-state index in [1.54, 1.807) is 0 Å². The number of rotatable bonds is 3. The highest BCUT2D eigenvalue weighted by Crippen LogP contribution is 2.28. The third-order valence-electron chi connectivity index (χ3n) is 4.21. The van der Waals surface area contributed by atoms with Gasteiger partial charge in [0.25, 0.3) is 0 Å². The molecule has 2 aromatic rings. The maximum atomic E-state index is 5.00. The molecule has 5 heteroatoms. The van der Waals surface area contributed by atoms with Gasteiger partial charge in [-0.15, -0.1) is 0 Å². The molecule has 0 aliphatic carbocycles. The van der Waals surface area contributed by atoms with Crippen molar-refractivity contribution in [2.75, 3.05) is 29.5 Å². The zero-order valence-electron chi connectivity index (χ0n) is 14.3. The highest BCUT2D eigenvalue weighted by molar-refractivity contribution is 7.99. The molecule has 0 aromatic carbocycles. The van der Waals surface area contributed by atoms with Crippen molar-refractivity contribution in [3.8, 4) is 0 Å². The third kappa shape index (κ3) is 2.71. The fourth-order valence-corrected chi connectivity index (χ4v) is 3.93. The van der Waals surface area contributed by atoms with Crippen molar-refractivity contribution in [1.82, 2.24) is 14.4 Å². The second-order valence-electron chi connectivity index (χ2n) is 6.68. The molecule has 120 valence electrons. The van der Waals surface area contributed by atoms with E-state index in [4.69, 9.17) is 9.97 Å². The number of nitrogens with zero attached hydrogens (tertiary/aromatic N) is 4. The minimum Gasteiger partial charge on any atom is -0.355 e. The number of anilines is 1. The van der Waals surface area contributed by atoms with Crippen molar-refractivity contribution in [3.05, 3.63) is 23.3 Å². The van der Waals surface area contributed by atoms with E-state index in [0.29, 0.717) is 11.8 Å². The Labute approximate surface area is 137 Å². The molecule has 0 N–H and O–H groups in total. The quantitative estimate of drug-likeness (QED) is 0.861. The summed E-state index contributed by atoms with van der Waals surface area (Å²) >= 11 is 2.03. The van der Waals surface area contributed by atoms with Crippen molar-refractivity contribution in [2.24, 2.45) is 0 Å². The normalized spacial score (nSPS) is 16.2. The van der Waals surface area contributed by atoms with Crippen LogP contribution in [0.2, 0.25) is 0 Å². The summed E-state index contributed by atoms with van der Waals surface area (Å²) in [5.41, 5.74) is 3.41. The minimum atomic E-state index is 0.390. The first-order valence-corrected chi connectivity index (χ1v) is 9.37. The summed E-state index contributed by atoms with van der Waals surface area (Å²) in [7, 11) is 0. The monoisotopic (exact) mass is 318 g/mol. The summed E-state index contributed by atoms with van der Waals surface area (Å²) in [5, 5.41) is 0. The first kappa shape index (κ1) is 15.7. The minimum absolute atomic E-state index is 0.390. The van der Waals surface area contributed by atoms with Gasteiger partial charge in [0, 0.05) is 42.3 Å². The van der Waals surface area contributed by atoms with Crippen LogP contribution in [0.3, 0.4) is 0 Å². The average molecular weight is 318 g/mol. The number of thioether (sulfide) groups is 1. The molecule has 3 rings (SSSR count). The zero-order valence-corrected chi connectivity index (χ0v) is 15.1. The molecular formula is C17H26N4S. The Hall–Kier alpha value is -1.23. The van der Waals surface area contributed by atoms with Crippen LogP contribution in [0.5, 0.6) is 0 Å². The Kier molecular flexibility index (Phi) is 4.35. The molecule has 2 aromatic heterocycles. The number of fused-ring (bicyclic) bond motifs is 1. The predicted molar refractivity (Wildman–Crippen MR) is 95.4 cm³/mol. The summed E-state index contributed by atoms with van der Waals surface area (Å²) < 4.78 is 2.25. The molecule has 1 aliphatic rings. The fraction of sp³-hybridized carbons (Fsp3) is 0.647. The Bertz CT molecular complexity index is 669. The molecule has 0 unspecified atom stereocenters. The lowest BCUT2D eigenvalue weighted by molar-refractivity contribution is 0.746. The molecule has 1 aliphatic heterocycles. The van der Waals surface area contributed by atoms with E-state index in [-0.39, 0.29) is 0 Å². The van der Waals surface area contributed by atoms with Gasteiger partial charge in [0.2, 0.25) is 0 Å². The van der Waals surface area contributed by atoms with E-state index in [0.717, 1.165) is 36.1 Å². The third-order valence-corrected chi connectivity index (χ3v) is 5.16. The number of aromatic nitrogens is 3. The molecule has 0 radical (unpaired) electrons. The highest BCUT2D eigenvalue weighted by atomic mass is 32.2. The van der Waals surface area contributed by atoms with Gasteiger partial charge in [-0.25, -0.2) is 9.97 Å². The van der Waals surface area contributed by atoms with Crippen LogP contribution in [-0.2, 0) is 0 Å². The SMILES string of the molecule is Cc1cc(N2CCSCC2)nc2c(C(C)C)nc(C(C)C)n12. The van der Waals surface area contributed by atoms with E-state index in [1.807, 2.05) is 11.8 Å². The Morgan fingerprint density at radius 2 is 1.73 bits per heavy atom. The van der Waals surface area contributed by atoms with Gasteiger partial charge in [-0.3, -0.25) is 4.40 Å². The van der Waals surface area contributed by atoms with Crippen molar-refractivity contribution < 1.29 is 0 Å². The molecule has 0 amide bonds. The van der Waals surface area contributed by atoms with Gasteiger partial charge < -0.3 is 4.90 Å². The van der Waals surface area contributed by atoms with Crippen LogP contribution in [-0.4, -0.2) is 39.0 Å². The lowest BCUT2D eigenvalue weighted by Gasteiger charge is -2.28. The van der Waals surface area contributed by atoms with E-state index in [9.17, 15) is 0 Å². The van der Waals surface area contributed by atoms with Gasteiger partial charge in [-0.2, -0.15) is 11.8 Å². The second kappa shape index (κ2) is 6.11. The van der Waals surface area contributed by atoms with Gasteiger partial charge in [-0.05, 0) is 12.8 Å². The van der Waals surface area contributed by atoms with Crippen LogP contribution in [0.4, 0.5) is 5.82 Å². The Balaban J connectivity index is 2.17. The summed E-state index contributed by atoms with van der Waals surface area (Å²) in [6, 6.07) is 2.22. The maximum Gasteiger partial charge on any atom is 0.162 e. The van der Waals surface area contributed by atoms with E-state index in [2.05, 4.69) is 50.0 Å². The molecule has 3 heterocycles. The number of aryl methyl sites for hydroxylation is 1. The molecule has 22 heavy (non-hydrogen) atoms. The number of hydrogen-bond donors (Lipinski definition) is 0. The number of imidazole rings is 1. The van der Waals surface area contributed by atoms with Gasteiger partial charge in [0.1, 0.15) is 11.6 Å². The lowest BCUT2D eigenvalue weighted by atomic mass is 10.1. The summed E-state index contributed by atoms with van der Waals surface area (Å²) in [6.07, 6.45) is 0. The topological polar surface area (TPSA) is 33.4 Å². The molecular weight excluding hydrogens is 292 g/mol. The zero-order chi connectivity index (χ0) is 15.9. The van der Waals surface area contributed by atoms with E-state index < -0.39 is 0 Å². The predicted octanol–water partition coefficient (Wildman–Crippen LogP) is 3.84. The van der Waals surface area contributed by atoms with E-state index in [1.165, 1.54) is 17.2 Å². The van der Waals surface area contributed by atoms with E-state index >= 15 is 0 Å². The van der Waals surface area contributed by atoms with Crippen LogP contribution >= 0.6 is 11.8 Å². The van der Waals surface area contributed by atoms with Gasteiger partial charge in [-0.1, -0.05) is 27.7 Å². The second-order valence-corrected chi connectivity index (χ2v) is 7.90. The molecule has 0 atom stereocenters. The van der Waals surface area contributed by atoms with Gasteiger partial charge in [0.05, 0.1) is 5.69 Å². The van der Waals surface area contributed by atoms with Crippen molar-refractivity contribution in [1.29, 1.82) is 0 Å². The Morgan fingerprint density at radius 1 is 1.05 bits per heavy atom. The fourth-order valence-electron chi connectivity index (χ4n) is 3.02. The maximum absolute atomic E-state index is 5.00. The molecule has 0 saturated carbocycles. The standard InChI is InChI=1S/C17H26N4S/c1-11(2)15-17-18-14(20-6-8-22-9-7-20)10-13(5)21(17)16(19-15)12(3)4/h10-12H,6-9H2,1-5H3. The van der Waals surface area contributed by atoms with Crippen LogP contribution in [0.15, 0.2) is 6.07 Å². The smallest absolute Gasteiger partial charge is 0.162 e. The summed E-state index contributed by atoms with van der Waals surface area (Å²) in [4.78, 5) is 12.3. The molecule has 4 nitrogen and oxygen atoms in total. The first-order valence-electron chi connectivity index (χ1n) is 8.21. The summed E-state index contributed by atoms with van der Waals surface area (Å²) in [5.74, 6) is 5.42. The van der Waals surface area contributed by atoms with Crippen LogP contribution in [0.1, 0.15) is 56.7 Å². The first-order chi connectivity index (χ1) is 10.5. The largest absolute Gasteiger partial charge is 0.355 e. The molecule has 1 saturated heterocycles. The van der Waals surface area contributed by atoms with Crippen LogP contribution < -0.4 is 4.90 Å². The van der Waals surface area contributed by atoms with Crippen LogP contribution in [0.25, 0.3) is 5.65 Å².